The van der Waals surface area contributed by atoms with Gasteiger partial charge in [-0.15, -0.1) is 0 Å². The lowest BCUT2D eigenvalue weighted by Gasteiger charge is -2.18. The summed E-state index contributed by atoms with van der Waals surface area (Å²) in [5.41, 5.74) is 0. The second-order valence-electron chi connectivity index (χ2n) is 12.5. The first kappa shape index (κ1) is 44.5. The number of hydrogen-bond donors (Lipinski definition) is 2. The topological polar surface area (TPSA) is 119 Å². The molecule has 0 rings (SSSR count). The van der Waals surface area contributed by atoms with Crippen LogP contribution in [-0.4, -0.2) is 41.0 Å². The molecule has 1 unspecified atom stereocenters. The quantitative estimate of drug-likeness (QED) is 0.0300. The number of carbonyl (C=O) groups excluding carboxylic acids is 2. The van der Waals surface area contributed by atoms with E-state index in [4.69, 9.17) is 19.3 Å². The lowest BCUT2D eigenvalue weighted by Crippen LogP contribution is -2.29. The third-order valence-corrected chi connectivity index (χ3v) is 8.41. The highest BCUT2D eigenvalue weighted by Crippen LogP contribution is 2.36. The summed E-state index contributed by atoms with van der Waals surface area (Å²) in [5.74, 6) is -0.901. The van der Waals surface area contributed by atoms with Gasteiger partial charge in [0.1, 0.15) is 6.61 Å². The van der Waals surface area contributed by atoms with Gasteiger partial charge in [-0.1, -0.05) is 134 Å². The van der Waals surface area contributed by atoms with Crippen molar-refractivity contribution in [2.45, 2.75) is 187 Å². The third kappa shape index (κ3) is 35.4. The summed E-state index contributed by atoms with van der Waals surface area (Å²) in [6, 6.07) is 0. The van der Waals surface area contributed by atoms with E-state index < -0.39 is 32.5 Å². The van der Waals surface area contributed by atoms with Gasteiger partial charge in [0, 0.05) is 12.8 Å². The van der Waals surface area contributed by atoms with Crippen molar-refractivity contribution in [1.82, 2.24) is 0 Å². The van der Waals surface area contributed by atoms with Crippen molar-refractivity contribution < 1.29 is 37.9 Å². The van der Waals surface area contributed by atoms with Crippen LogP contribution in [0.4, 0.5) is 0 Å². The zero-order valence-electron chi connectivity index (χ0n) is 29.5. The molecule has 1 atom stereocenters. The van der Waals surface area contributed by atoms with Crippen LogP contribution < -0.4 is 0 Å². The van der Waals surface area contributed by atoms with Crippen LogP contribution in [0, 0.1) is 0 Å². The van der Waals surface area contributed by atoms with Crippen molar-refractivity contribution >= 4 is 19.8 Å². The predicted molar refractivity (Wildman–Crippen MR) is 189 cm³/mol. The zero-order valence-corrected chi connectivity index (χ0v) is 30.4. The molecule has 0 fully saturated rings. The maximum Gasteiger partial charge on any atom is 0.469 e. The van der Waals surface area contributed by atoms with E-state index in [1.807, 2.05) is 0 Å². The Morgan fingerprint density at radius 2 is 0.957 bits per heavy atom. The molecule has 0 spiro atoms. The minimum absolute atomic E-state index is 0.207. The number of phosphoric acid groups is 1. The summed E-state index contributed by atoms with van der Waals surface area (Å²) >= 11 is 0. The van der Waals surface area contributed by atoms with Crippen LogP contribution in [-0.2, 0) is 28.2 Å². The number of ether oxygens (including phenoxy) is 2. The van der Waals surface area contributed by atoms with E-state index in [-0.39, 0.29) is 19.4 Å². The number of phosphoric ester groups is 1. The Bertz CT molecular complexity index is 807. The highest BCUT2D eigenvalue weighted by Gasteiger charge is 2.22. The van der Waals surface area contributed by atoms with Crippen molar-refractivity contribution in [1.29, 1.82) is 0 Å². The number of hydrogen-bond acceptors (Lipinski definition) is 6. The maximum atomic E-state index is 12.3. The molecule has 0 bridgehead atoms. The van der Waals surface area contributed by atoms with Gasteiger partial charge in [-0.3, -0.25) is 14.1 Å². The number of esters is 2. The van der Waals surface area contributed by atoms with Gasteiger partial charge in [0.2, 0.25) is 0 Å². The van der Waals surface area contributed by atoms with Gasteiger partial charge in [-0.25, -0.2) is 4.57 Å². The standard InChI is InChI=1S/C37H69O8P/c1-3-5-7-9-11-13-15-16-17-18-19-20-21-22-24-26-28-30-32-37(39)45-35(34-44-46(40,41)42)33-43-36(38)31-29-27-25-23-14-12-10-8-6-4-2/h8,10,17-18,35H,3-7,9,11-16,19-34H2,1-2H3,(H2,40,41,42)/b10-8-,18-17-. The first-order valence-electron chi connectivity index (χ1n) is 18.6. The fraction of sp³-hybridized carbons (Fsp3) is 0.838. The van der Waals surface area contributed by atoms with Gasteiger partial charge in [-0.05, 0) is 57.8 Å². The summed E-state index contributed by atoms with van der Waals surface area (Å²) in [6.45, 7) is 3.60. The lowest BCUT2D eigenvalue weighted by molar-refractivity contribution is -0.161. The molecular weight excluding hydrogens is 603 g/mol. The van der Waals surface area contributed by atoms with Crippen molar-refractivity contribution in [2.24, 2.45) is 0 Å². The van der Waals surface area contributed by atoms with Gasteiger partial charge in [0.05, 0.1) is 6.61 Å². The van der Waals surface area contributed by atoms with Crippen molar-refractivity contribution in [3.05, 3.63) is 24.3 Å². The number of unbranched alkanes of at least 4 members (excludes halogenated alkanes) is 20. The van der Waals surface area contributed by atoms with E-state index in [9.17, 15) is 14.2 Å². The van der Waals surface area contributed by atoms with E-state index >= 15 is 0 Å². The summed E-state index contributed by atoms with van der Waals surface area (Å²) in [7, 11) is -4.75. The molecule has 0 saturated heterocycles. The van der Waals surface area contributed by atoms with Gasteiger partial charge in [0.25, 0.3) is 0 Å². The first-order chi connectivity index (χ1) is 22.3. The largest absolute Gasteiger partial charge is 0.469 e. The second-order valence-corrected chi connectivity index (χ2v) is 13.8. The van der Waals surface area contributed by atoms with Crippen LogP contribution in [0.1, 0.15) is 181 Å². The van der Waals surface area contributed by atoms with Gasteiger partial charge in [0.15, 0.2) is 6.10 Å². The fourth-order valence-electron chi connectivity index (χ4n) is 5.13. The molecule has 0 aromatic rings. The first-order valence-corrected chi connectivity index (χ1v) is 20.2. The Kier molecular flexibility index (Phi) is 32.4. The molecule has 0 aliphatic carbocycles. The van der Waals surface area contributed by atoms with E-state index in [1.54, 1.807) is 0 Å². The highest BCUT2D eigenvalue weighted by molar-refractivity contribution is 7.46. The Hall–Kier alpha value is -1.47. The molecule has 9 heteroatoms. The number of allylic oxidation sites excluding steroid dienone is 4. The molecule has 0 heterocycles. The average Bonchev–Trinajstić information content (AvgIpc) is 3.02. The molecule has 270 valence electrons. The van der Waals surface area contributed by atoms with Crippen LogP contribution in [0.3, 0.4) is 0 Å². The molecule has 46 heavy (non-hydrogen) atoms. The summed E-state index contributed by atoms with van der Waals surface area (Å²) in [4.78, 5) is 42.6. The number of rotatable bonds is 34. The van der Waals surface area contributed by atoms with E-state index in [0.717, 1.165) is 64.2 Å². The Labute approximate surface area is 281 Å². The van der Waals surface area contributed by atoms with Crippen molar-refractivity contribution in [3.63, 3.8) is 0 Å². The molecule has 0 aliphatic rings. The van der Waals surface area contributed by atoms with Crippen molar-refractivity contribution in [2.75, 3.05) is 13.2 Å². The minimum Gasteiger partial charge on any atom is -0.462 e. The predicted octanol–water partition coefficient (Wildman–Crippen LogP) is 10.8. The van der Waals surface area contributed by atoms with Crippen LogP contribution in [0.15, 0.2) is 24.3 Å². The summed E-state index contributed by atoms with van der Waals surface area (Å²) in [5, 5.41) is 0. The minimum atomic E-state index is -4.75. The molecule has 0 radical (unpaired) electrons. The monoisotopic (exact) mass is 672 g/mol. The lowest BCUT2D eigenvalue weighted by atomic mass is 10.1. The van der Waals surface area contributed by atoms with Gasteiger partial charge >= 0.3 is 19.8 Å². The Morgan fingerprint density at radius 1 is 0.543 bits per heavy atom. The Morgan fingerprint density at radius 3 is 1.41 bits per heavy atom. The maximum absolute atomic E-state index is 12.3. The molecule has 0 aromatic carbocycles. The molecule has 0 aliphatic heterocycles. The molecule has 0 amide bonds. The van der Waals surface area contributed by atoms with E-state index in [1.165, 1.54) is 77.0 Å². The molecule has 0 saturated carbocycles. The van der Waals surface area contributed by atoms with Crippen LogP contribution in [0.2, 0.25) is 0 Å². The summed E-state index contributed by atoms with van der Waals surface area (Å²) < 4.78 is 26.2. The zero-order chi connectivity index (χ0) is 34.0. The summed E-state index contributed by atoms with van der Waals surface area (Å²) in [6.07, 6.45) is 36.2. The Balaban J connectivity index is 3.94. The van der Waals surface area contributed by atoms with Crippen LogP contribution >= 0.6 is 7.82 Å². The highest BCUT2D eigenvalue weighted by atomic mass is 31.2. The van der Waals surface area contributed by atoms with Crippen LogP contribution in [0.25, 0.3) is 0 Å². The average molecular weight is 673 g/mol. The number of carbonyl (C=O) groups is 2. The molecule has 2 N–H and O–H groups in total. The smallest absolute Gasteiger partial charge is 0.462 e. The van der Waals surface area contributed by atoms with Gasteiger partial charge in [-0.2, -0.15) is 0 Å². The van der Waals surface area contributed by atoms with Gasteiger partial charge < -0.3 is 19.3 Å². The van der Waals surface area contributed by atoms with E-state index in [2.05, 4.69) is 42.7 Å². The SMILES string of the molecule is CCC/C=C\CCCCCCCC(=O)OCC(COP(=O)(O)O)OC(=O)CCCCCCCCC/C=C\CCCCCCCCC. The normalized spacial score (nSPS) is 12.7. The molecule has 8 nitrogen and oxygen atoms in total. The third-order valence-electron chi connectivity index (χ3n) is 7.92. The van der Waals surface area contributed by atoms with E-state index in [0.29, 0.717) is 12.8 Å². The second kappa shape index (κ2) is 33.4. The molecule has 0 aromatic heterocycles. The van der Waals surface area contributed by atoms with Crippen LogP contribution in [0.5, 0.6) is 0 Å². The molecular formula is C37H69O8P. The fourth-order valence-corrected chi connectivity index (χ4v) is 5.49. The van der Waals surface area contributed by atoms with Crippen molar-refractivity contribution in [3.8, 4) is 0 Å².